The number of urea groups is 1. The van der Waals surface area contributed by atoms with Gasteiger partial charge in [-0.2, -0.15) is 0 Å². The number of nitrogens with one attached hydrogen (secondary N) is 2. The van der Waals surface area contributed by atoms with Gasteiger partial charge >= 0.3 is 12.0 Å². The van der Waals surface area contributed by atoms with E-state index in [0.717, 1.165) is 30.6 Å². The van der Waals surface area contributed by atoms with E-state index in [0.29, 0.717) is 18.8 Å². The number of hydrogen-bond donors (Lipinski definition) is 2. The molecule has 3 fully saturated rings. The van der Waals surface area contributed by atoms with Crippen molar-refractivity contribution in [2.75, 3.05) is 13.2 Å². The van der Waals surface area contributed by atoms with E-state index in [4.69, 9.17) is 4.74 Å². The molecule has 4 unspecified atom stereocenters. The number of carbonyl (C=O) groups excluding carboxylic acids is 4. The van der Waals surface area contributed by atoms with Gasteiger partial charge in [0.1, 0.15) is 12.1 Å². The lowest BCUT2D eigenvalue weighted by Crippen LogP contribution is -2.54. The zero-order valence-electron chi connectivity index (χ0n) is 18.6. The van der Waals surface area contributed by atoms with Crippen LogP contribution in [0.1, 0.15) is 72.6 Å². The van der Waals surface area contributed by atoms with Gasteiger partial charge in [0.15, 0.2) is 6.61 Å². The lowest BCUT2D eigenvalue weighted by Gasteiger charge is -2.43. The highest BCUT2D eigenvalue weighted by atomic mass is 16.5. The van der Waals surface area contributed by atoms with Crippen molar-refractivity contribution in [2.45, 2.75) is 84.2 Å². The van der Waals surface area contributed by atoms with Gasteiger partial charge in [0.05, 0.1) is 0 Å². The van der Waals surface area contributed by atoms with Crippen molar-refractivity contribution in [3.05, 3.63) is 0 Å². The van der Waals surface area contributed by atoms with Crippen LogP contribution in [-0.4, -0.2) is 53.4 Å². The van der Waals surface area contributed by atoms with Crippen molar-refractivity contribution in [1.82, 2.24) is 15.5 Å². The summed E-state index contributed by atoms with van der Waals surface area (Å²) in [5, 5.41) is 5.75. The number of ether oxygens (including phenoxy) is 1. The first-order valence-electron chi connectivity index (χ1n) is 11.1. The van der Waals surface area contributed by atoms with Gasteiger partial charge in [-0.1, -0.05) is 40.5 Å². The van der Waals surface area contributed by atoms with Crippen molar-refractivity contribution >= 4 is 23.8 Å². The lowest BCUT2D eigenvalue weighted by atomic mass is 9.64. The fourth-order valence-electron chi connectivity index (χ4n) is 5.75. The van der Waals surface area contributed by atoms with E-state index in [-0.39, 0.29) is 29.2 Å². The van der Waals surface area contributed by atoms with E-state index in [1.165, 1.54) is 6.42 Å². The predicted molar refractivity (Wildman–Crippen MR) is 110 cm³/mol. The maximum absolute atomic E-state index is 13.1. The number of amides is 4. The average Bonchev–Trinajstić information content (AvgIpc) is 2.83. The lowest BCUT2D eigenvalue weighted by molar-refractivity contribution is -0.151. The van der Waals surface area contributed by atoms with Gasteiger partial charge in [0, 0.05) is 6.04 Å². The maximum atomic E-state index is 13.1. The zero-order valence-corrected chi connectivity index (χ0v) is 18.6. The van der Waals surface area contributed by atoms with E-state index in [1.54, 1.807) is 0 Å². The first kappa shape index (κ1) is 22.6. The Morgan fingerprint density at radius 2 is 1.87 bits per heavy atom. The smallest absolute Gasteiger partial charge is 0.326 e. The highest BCUT2D eigenvalue weighted by Gasteiger charge is 2.56. The molecule has 0 bridgehead atoms. The molecule has 0 aromatic carbocycles. The molecule has 2 N–H and O–H groups in total. The van der Waals surface area contributed by atoms with Crippen LogP contribution in [0.5, 0.6) is 0 Å². The molecule has 3 rings (SSSR count). The highest BCUT2D eigenvalue weighted by Crippen LogP contribution is 2.46. The Morgan fingerprint density at radius 3 is 2.53 bits per heavy atom. The molecular formula is C22H35N3O5. The first-order chi connectivity index (χ1) is 14.0. The molecule has 0 radical (unpaired) electrons. The van der Waals surface area contributed by atoms with Crippen LogP contribution in [0.3, 0.4) is 0 Å². The molecule has 1 heterocycles. The molecule has 4 amide bonds. The predicted octanol–water partition coefficient (Wildman–Crippen LogP) is 2.36. The third kappa shape index (κ3) is 4.95. The standard InChI is InChI=1S/C22H35N3O5/c1-14-9-21(3,4)13-22(10-14)19(28)25(20(29)24-22)11-18(27)30-12-17(26)23-16-8-6-5-7-15(16)2/h14-16H,5-13H2,1-4H3,(H,23,26)(H,24,29). The zero-order chi connectivity index (χ0) is 22.1. The monoisotopic (exact) mass is 421 g/mol. The summed E-state index contributed by atoms with van der Waals surface area (Å²) in [6.07, 6.45) is 6.35. The Labute approximate surface area is 178 Å². The highest BCUT2D eigenvalue weighted by molar-refractivity contribution is 6.08. The third-order valence-electron chi connectivity index (χ3n) is 6.73. The number of hydrogen-bond acceptors (Lipinski definition) is 5. The number of carbonyl (C=O) groups is 4. The average molecular weight is 422 g/mol. The van der Waals surface area contributed by atoms with Gasteiger partial charge in [-0.3, -0.25) is 19.3 Å². The van der Waals surface area contributed by atoms with Gasteiger partial charge in [0.2, 0.25) is 0 Å². The Balaban J connectivity index is 1.52. The molecule has 1 aliphatic heterocycles. The number of nitrogens with zero attached hydrogens (tertiary/aromatic N) is 1. The molecular weight excluding hydrogens is 386 g/mol. The van der Waals surface area contributed by atoms with Gasteiger partial charge in [0.25, 0.3) is 11.8 Å². The largest absolute Gasteiger partial charge is 0.454 e. The molecule has 3 aliphatic rings. The molecule has 0 aromatic heterocycles. The molecule has 8 nitrogen and oxygen atoms in total. The van der Waals surface area contributed by atoms with Crippen LogP contribution in [0.25, 0.3) is 0 Å². The SMILES string of the molecule is CC1CC(C)(C)CC2(C1)NC(=O)N(CC(=O)OCC(=O)NC1CCCCC1C)C2=O. The summed E-state index contributed by atoms with van der Waals surface area (Å²) in [6.45, 7) is 7.48. The normalized spacial score (nSPS) is 33.3. The van der Waals surface area contributed by atoms with Crippen molar-refractivity contribution in [3.63, 3.8) is 0 Å². The summed E-state index contributed by atoms with van der Waals surface area (Å²) in [4.78, 5) is 50.8. The minimum absolute atomic E-state index is 0.0779. The summed E-state index contributed by atoms with van der Waals surface area (Å²) in [7, 11) is 0. The van der Waals surface area contributed by atoms with Crippen molar-refractivity contribution < 1.29 is 23.9 Å². The van der Waals surface area contributed by atoms with Gasteiger partial charge in [-0.15, -0.1) is 0 Å². The minimum Gasteiger partial charge on any atom is -0.454 e. The second-order valence-corrected chi connectivity index (χ2v) is 10.4. The molecule has 2 aliphatic carbocycles. The summed E-state index contributed by atoms with van der Waals surface area (Å²) >= 11 is 0. The van der Waals surface area contributed by atoms with Crippen LogP contribution in [0, 0.1) is 17.3 Å². The van der Waals surface area contributed by atoms with Crippen molar-refractivity contribution in [1.29, 1.82) is 0 Å². The fourth-order valence-corrected chi connectivity index (χ4v) is 5.75. The molecule has 1 spiro atoms. The van der Waals surface area contributed by atoms with Crippen LogP contribution >= 0.6 is 0 Å². The second kappa shape index (κ2) is 8.55. The van der Waals surface area contributed by atoms with Gasteiger partial charge in [-0.05, 0) is 49.4 Å². The quantitative estimate of drug-likeness (QED) is 0.524. The van der Waals surface area contributed by atoms with Crippen molar-refractivity contribution in [3.8, 4) is 0 Å². The van der Waals surface area contributed by atoms with E-state index in [1.807, 2.05) is 0 Å². The van der Waals surface area contributed by atoms with Crippen LogP contribution < -0.4 is 10.6 Å². The molecule has 8 heteroatoms. The third-order valence-corrected chi connectivity index (χ3v) is 6.73. The maximum Gasteiger partial charge on any atom is 0.326 e. The van der Waals surface area contributed by atoms with Crippen LogP contribution in [0.2, 0.25) is 0 Å². The summed E-state index contributed by atoms with van der Waals surface area (Å²) in [5.74, 6) is -0.785. The van der Waals surface area contributed by atoms with Gasteiger partial charge in [-0.25, -0.2) is 4.79 Å². The Bertz CT molecular complexity index is 722. The summed E-state index contributed by atoms with van der Waals surface area (Å²) in [5.41, 5.74) is -1.03. The van der Waals surface area contributed by atoms with E-state index in [9.17, 15) is 19.2 Å². The summed E-state index contributed by atoms with van der Waals surface area (Å²) in [6, 6.07) is -0.463. The molecule has 168 valence electrons. The Hall–Kier alpha value is -2.12. The first-order valence-corrected chi connectivity index (χ1v) is 11.1. The second-order valence-electron chi connectivity index (χ2n) is 10.4. The fraction of sp³-hybridized carbons (Fsp3) is 0.818. The Morgan fingerprint density at radius 1 is 1.17 bits per heavy atom. The molecule has 0 aromatic rings. The van der Waals surface area contributed by atoms with Gasteiger partial charge < -0.3 is 15.4 Å². The van der Waals surface area contributed by atoms with E-state index >= 15 is 0 Å². The number of rotatable bonds is 5. The van der Waals surface area contributed by atoms with Crippen LogP contribution in [0.4, 0.5) is 4.79 Å². The van der Waals surface area contributed by atoms with Crippen molar-refractivity contribution in [2.24, 2.45) is 17.3 Å². The van der Waals surface area contributed by atoms with E-state index < -0.39 is 30.7 Å². The topological polar surface area (TPSA) is 105 Å². The van der Waals surface area contributed by atoms with Crippen LogP contribution in [-0.2, 0) is 19.1 Å². The van der Waals surface area contributed by atoms with E-state index in [2.05, 4.69) is 38.3 Å². The minimum atomic E-state index is -0.951. The molecule has 1 saturated heterocycles. The Kier molecular flexibility index (Phi) is 6.43. The molecule has 4 atom stereocenters. The molecule has 30 heavy (non-hydrogen) atoms. The number of esters is 1. The molecule has 2 saturated carbocycles. The van der Waals surface area contributed by atoms with Crippen LogP contribution in [0.15, 0.2) is 0 Å². The summed E-state index contributed by atoms with van der Waals surface area (Å²) < 4.78 is 5.05. The number of imide groups is 1.